The average Bonchev–Trinajstić information content (AvgIpc) is 2.74. The molecule has 0 bridgehead atoms. The first-order chi connectivity index (χ1) is 14.3. The number of nitro groups is 1. The second kappa shape index (κ2) is 9.37. The summed E-state index contributed by atoms with van der Waals surface area (Å²) in [6.45, 7) is 7.46. The van der Waals surface area contributed by atoms with Gasteiger partial charge in [0, 0.05) is 18.7 Å². The largest absolute Gasteiger partial charge is 0.407 e. The van der Waals surface area contributed by atoms with Crippen LogP contribution < -0.4 is 10.4 Å². The lowest BCUT2D eigenvalue weighted by molar-refractivity contribution is -0.384. The molecule has 0 atom stereocenters. The van der Waals surface area contributed by atoms with Crippen LogP contribution in [0.25, 0.3) is 0 Å². The van der Waals surface area contributed by atoms with E-state index in [-0.39, 0.29) is 15.6 Å². The molecule has 0 spiro atoms. The normalized spacial score (nSPS) is 12.0. The molecule has 156 valence electrons. The summed E-state index contributed by atoms with van der Waals surface area (Å²) in [6.07, 6.45) is 1.69. The number of non-ortho nitro benzene ring substituents is 1. The molecule has 0 aliphatic heterocycles. The number of rotatable bonds is 8. The molecule has 0 fully saturated rings. The van der Waals surface area contributed by atoms with Crippen LogP contribution in [0, 0.1) is 10.1 Å². The monoisotopic (exact) mass is 419 g/mol. The fraction of sp³-hybridized carbons (Fsp3) is 0.280. The highest BCUT2D eigenvalue weighted by molar-refractivity contribution is 6.99. The summed E-state index contributed by atoms with van der Waals surface area (Å²) in [4.78, 5) is 10.5. The van der Waals surface area contributed by atoms with E-state index in [1.54, 1.807) is 12.1 Å². The first kappa shape index (κ1) is 21.9. The molecule has 0 heterocycles. The summed E-state index contributed by atoms with van der Waals surface area (Å²) in [7, 11) is -2.50. The van der Waals surface area contributed by atoms with E-state index in [1.165, 1.54) is 10.4 Å². The zero-order valence-electron chi connectivity index (χ0n) is 17.9. The maximum Gasteiger partial charge on any atom is 0.269 e. The van der Waals surface area contributed by atoms with E-state index >= 15 is 0 Å². The van der Waals surface area contributed by atoms with E-state index in [2.05, 4.69) is 69.3 Å². The van der Waals surface area contributed by atoms with Crippen molar-refractivity contribution in [2.24, 2.45) is 0 Å². The second-order valence-electron chi connectivity index (χ2n) is 8.54. The molecule has 0 aliphatic rings. The topological polar surface area (TPSA) is 52.4 Å². The van der Waals surface area contributed by atoms with E-state index in [9.17, 15) is 10.1 Å². The molecule has 3 rings (SSSR count). The van der Waals surface area contributed by atoms with Crippen LogP contribution in [0.2, 0.25) is 5.04 Å². The van der Waals surface area contributed by atoms with Crippen molar-refractivity contribution in [3.8, 4) is 0 Å². The minimum absolute atomic E-state index is 0.0386. The zero-order chi connectivity index (χ0) is 21.6. The molecule has 0 amide bonds. The highest BCUT2D eigenvalue weighted by Crippen LogP contribution is 2.36. The van der Waals surface area contributed by atoms with Crippen molar-refractivity contribution in [3.63, 3.8) is 0 Å². The van der Waals surface area contributed by atoms with Crippen molar-refractivity contribution in [1.82, 2.24) is 0 Å². The minimum Gasteiger partial charge on any atom is -0.407 e. The third-order valence-corrected chi connectivity index (χ3v) is 10.5. The molecular formula is C25H29NO3Si. The first-order valence-electron chi connectivity index (χ1n) is 10.3. The lowest BCUT2D eigenvalue weighted by atomic mass is 10.1. The number of hydrogen-bond donors (Lipinski definition) is 0. The lowest BCUT2D eigenvalue weighted by Gasteiger charge is -2.43. The Labute approximate surface area is 179 Å². The average molecular weight is 420 g/mol. The van der Waals surface area contributed by atoms with Crippen LogP contribution in [0.3, 0.4) is 0 Å². The molecule has 3 aromatic rings. The van der Waals surface area contributed by atoms with Gasteiger partial charge in [-0.2, -0.15) is 0 Å². The van der Waals surface area contributed by atoms with E-state index < -0.39 is 8.32 Å². The van der Waals surface area contributed by atoms with Gasteiger partial charge in [-0.1, -0.05) is 93.6 Å². The number of hydrogen-bond acceptors (Lipinski definition) is 3. The summed E-state index contributed by atoms with van der Waals surface area (Å²) >= 11 is 0. The van der Waals surface area contributed by atoms with Gasteiger partial charge in [-0.15, -0.1) is 0 Å². The Balaban J connectivity index is 1.82. The van der Waals surface area contributed by atoms with Crippen molar-refractivity contribution >= 4 is 24.4 Å². The highest BCUT2D eigenvalue weighted by atomic mass is 28.4. The second-order valence-corrected chi connectivity index (χ2v) is 12.8. The number of nitro benzene ring substituents is 1. The Kier molecular flexibility index (Phi) is 6.85. The third-order valence-electron chi connectivity index (χ3n) is 5.49. The minimum atomic E-state index is -2.50. The number of benzene rings is 3. The first-order valence-corrected chi connectivity index (χ1v) is 12.2. The van der Waals surface area contributed by atoms with Gasteiger partial charge in [0.25, 0.3) is 14.0 Å². The molecule has 0 N–H and O–H groups in total. The molecule has 0 radical (unpaired) electrons. The van der Waals surface area contributed by atoms with Gasteiger partial charge in [0.05, 0.1) is 4.92 Å². The molecule has 0 saturated carbocycles. The predicted molar refractivity (Wildman–Crippen MR) is 125 cm³/mol. The van der Waals surface area contributed by atoms with E-state index in [0.717, 1.165) is 18.4 Å². The summed E-state index contributed by atoms with van der Waals surface area (Å²) in [5.74, 6) is 0. The third kappa shape index (κ3) is 4.69. The lowest BCUT2D eigenvalue weighted by Crippen LogP contribution is -2.66. The highest BCUT2D eigenvalue weighted by Gasteiger charge is 2.49. The van der Waals surface area contributed by atoms with Gasteiger partial charge in [0.1, 0.15) is 0 Å². The van der Waals surface area contributed by atoms with Gasteiger partial charge >= 0.3 is 0 Å². The SMILES string of the molecule is CC(C)(C)[Si](OCCCc1ccc([N+](=O)[O-])cc1)(c1ccccc1)c1ccccc1. The van der Waals surface area contributed by atoms with Crippen molar-refractivity contribution in [2.45, 2.75) is 38.7 Å². The molecule has 5 heteroatoms. The van der Waals surface area contributed by atoms with Crippen LogP contribution in [0.5, 0.6) is 0 Å². The van der Waals surface area contributed by atoms with Crippen LogP contribution in [-0.4, -0.2) is 19.8 Å². The maximum atomic E-state index is 10.8. The molecule has 0 saturated heterocycles. The van der Waals surface area contributed by atoms with E-state index in [4.69, 9.17) is 4.43 Å². The van der Waals surface area contributed by atoms with Gasteiger partial charge in [-0.05, 0) is 33.8 Å². The summed E-state index contributed by atoms with van der Waals surface area (Å²) < 4.78 is 6.88. The van der Waals surface area contributed by atoms with Crippen LogP contribution in [0.15, 0.2) is 84.9 Å². The van der Waals surface area contributed by atoms with Crippen LogP contribution in [0.4, 0.5) is 5.69 Å². The fourth-order valence-electron chi connectivity index (χ4n) is 4.05. The molecule has 0 unspecified atom stereocenters. The molecule has 0 aliphatic carbocycles. The summed E-state index contributed by atoms with van der Waals surface area (Å²) in [5.41, 5.74) is 1.22. The Bertz CT molecular complexity index is 912. The molecule has 30 heavy (non-hydrogen) atoms. The van der Waals surface area contributed by atoms with Crippen LogP contribution in [-0.2, 0) is 10.8 Å². The van der Waals surface area contributed by atoms with E-state index in [1.807, 2.05) is 24.3 Å². The van der Waals surface area contributed by atoms with Gasteiger partial charge in [0.15, 0.2) is 0 Å². The summed E-state index contributed by atoms with van der Waals surface area (Å²) in [6, 6.07) is 28.0. The molecular weight excluding hydrogens is 390 g/mol. The molecule has 4 nitrogen and oxygen atoms in total. The van der Waals surface area contributed by atoms with Crippen molar-refractivity contribution in [1.29, 1.82) is 0 Å². The quantitative estimate of drug-likeness (QED) is 0.221. The number of nitrogens with zero attached hydrogens (tertiary/aromatic N) is 1. The summed E-state index contributed by atoms with van der Waals surface area (Å²) in [5, 5.41) is 13.4. The Morgan fingerprint density at radius 2 is 1.33 bits per heavy atom. The Hall–Kier alpha value is -2.76. The zero-order valence-corrected chi connectivity index (χ0v) is 18.9. The van der Waals surface area contributed by atoms with Gasteiger partial charge in [0.2, 0.25) is 0 Å². The predicted octanol–water partition coefficient (Wildman–Crippen LogP) is 5.10. The molecule has 3 aromatic carbocycles. The van der Waals surface area contributed by atoms with Crippen molar-refractivity contribution in [2.75, 3.05) is 6.61 Å². The van der Waals surface area contributed by atoms with Crippen molar-refractivity contribution in [3.05, 3.63) is 101 Å². The maximum absolute atomic E-state index is 10.8. The van der Waals surface area contributed by atoms with Crippen LogP contribution in [0.1, 0.15) is 32.8 Å². The smallest absolute Gasteiger partial charge is 0.269 e. The van der Waals surface area contributed by atoms with Gasteiger partial charge in [-0.25, -0.2) is 0 Å². The van der Waals surface area contributed by atoms with Crippen LogP contribution >= 0.6 is 0 Å². The van der Waals surface area contributed by atoms with E-state index in [0.29, 0.717) is 6.61 Å². The van der Waals surface area contributed by atoms with Crippen molar-refractivity contribution < 1.29 is 9.35 Å². The van der Waals surface area contributed by atoms with Gasteiger partial charge in [-0.3, -0.25) is 10.1 Å². The number of aryl methyl sites for hydroxylation is 1. The van der Waals surface area contributed by atoms with Gasteiger partial charge < -0.3 is 4.43 Å². The Morgan fingerprint density at radius 1 is 0.833 bits per heavy atom. The Morgan fingerprint density at radius 3 is 1.77 bits per heavy atom. The molecule has 0 aromatic heterocycles. The standard InChI is InChI=1S/C25H29NO3Si/c1-25(2,3)30(23-12-6-4-7-13-23,24-14-8-5-9-15-24)29-20-10-11-21-16-18-22(19-17-21)26(27)28/h4-9,12-19H,10-11,20H2,1-3H3. The fourth-order valence-corrected chi connectivity index (χ4v) is 8.65.